The van der Waals surface area contributed by atoms with Gasteiger partial charge in [0.05, 0.1) is 7.11 Å². The van der Waals surface area contributed by atoms with E-state index < -0.39 is 5.91 Å². The van der Waals surface area contributed by atoms with Crippen molar-refractivity contribution in [3.63, 3.8) is 0 Å². The monoisotopic (exact) mass is 495 g/mol. The molecule has 7 nitrogen and oxygen atoms in total. The molecule has 0 heterocycles. The third-order valence-corrected chi connectivity index (χ3v) is 4.92. The molecule has 0 spiro atoms. The zero-order valence-corrected chi connectivity index (χ0v) is 19.5. The topological polar surface area (TPSA) is 100 Å². The summed E-state index contributed by atoms with van der Waals surface area (Å²) in [4.78, 5) is 24.6. The van der Waals surface area contributed by atoms with Crippen molar-refractivity contribution in [3.8, 4) is 17.6 Å². The van der Waals surface area contributed by atoms with Crippen LogP contribution < -0.4 is 20.1 Å². The van der Waals surface area contributed by atoms with Crippen LogP contribution in [0.25, 0.3) is 6.08 Å². The van der Waals surface area contributed by atoms with Gasteiger partial charge < -0.3 is 20.1 Å². The van der Waals surface area contributed by atoms with E-state index in [2.05, 4.69) is 10.6 Å². The Balaban J connectivity index is 1.67. The van der Waals surface area contributed by atoms with E-state index >= 15 is 0 Å². The lowest BCUT2D eigenvalue weighted by atomic mass is 10.1. The van der Waals surface area contributed by atoms with Crippen LogP contribution in [0.2, 0.25) is 10.0 Å². The van der Waals surface area contributed by atoms with Gasteiger partial charge in [-0.3, -0.25) is 9.59 Å². The van der Waals surface area contributed by atoms with Crippen LogP contribution in [0.4, 0.5) is 11.4 Å². The summed E-state index contributed by atoms with van der Waals surface area (Å²) in [5.74, 6) is -0.283. The molecule has 2 amide bonds. The molecule has 0 aliphatic heterocycles. The van der Waals surface area contributed by atoms with E-state index in [1.165, 1.54) is 13.2 Å². The normalized spacial score (nSPS) is 10.7. The van der Waals surface area contributed by atoms with E-state index in [0.717, 1.165) is 0 Å². The van der Waals surface area contributed by atoms with Crippen LogP contribution in [0.3, 0.4) is 0 Å². The Morgan fingerprint density at radius 3 is 2.38 bits per heavy atom. The molecule has 0 saturated carbocycles. The Morgan fingerprint density at radius 2 is 1.71 bits per heavy atom. The lowest BCUT2D eigenvalue weighted by molar-refractivity contribution is -0.118. The lowest BCUT2D eigenvalue weighted by Gasteiger charge is -2.12. The molecule has 3 rings (SSSR count). The van der Waals surface area contributed by atoms with Crippen molar-refractivity contribution in [1.82, 2.24) is 0 Å². The number of carbonyl (C=O) groups is 2. The fraction of sp³-hybridized carbons (Fsp3) is 0.0800. The molecule has 0 fully saturated rings. The summed E-state index contributed by atoms with van der Waals surface area (Å²) in [5, 5.41) is 15.8. The van der Waals surface area contributed by atoms with Gasteiger partial charge in [-0.15, -0.1) is 0 Å². The van der Waals surface area contributed by atoms with Gasteiger partial charge in [0.2, 0.25) is 0 Å². The molecule has 3 aromatic rings. The van der Waals surface area contributed by atoms with Crippen molar-refractivity contribution >= 4 is 52.5 Å². The number of nitrogens with zero attached hydrogens (tertiary/aromatic N) is 1. The summed E-state index contributed by atoms with van der Waals surface area (Å²) < 4.78 is 10.9. The van der Waals surface area contributed by atoms with E-state index in [1.54, 1.807) is 66.7 Å². The van der Waals surface area contributed by atoms with Crippen molar-refractivity contribution in [2.24, 2.45) is 0 Å². The maximum absolute atomic E-state index is 12.5. The second kappa shape index (κ2) is 11.8. The van der Waals surface area contributed by atoms with Crippen LogP contribution in [0, 0.1) is 11.3 Å². The summed E-state index contributed by atoms with van der Waals surface area (Å²) >= 11 is 11.8. The molecule has 0 saturated heterocycles. The second-order valence-corrected chi connectivity index (χ2v) is 7.76. The van der Waals surface area contributed by atoms with Crippen LogP contribution in [-0.4, -0.2) is 25.5 Å². The Bertz CT molecular complexity index is 1270. The number of anilines is 2. The van der Waals surface area contributed by atoms with Crippen LogP contribution in [-0.2, 0) is 9.59 Å². The first-order valence-corrected chi connectivity index (χ1v) is 10.7. The van der Waals surface area contributed by atoms with Crippen molar-refractivity contribution in [2.75, 3.05) is 24.4 Å². The SMILES string of the molecule is COc1cc(/C=C(\C#N)C(=O)Nc2cccc(Cl)c2)ccc1OCC(=O)Nc1ccc(Cl)cc1. The fourth-order valence-corrected chi connectivity index (χ4v) is 3.16. The smallest absolute Gasteiger partial charge is 0.266 e. The highest BCUT2D eigenvalue weighted by molar-refractivity contribution is 6.31. The molecule has 0 unspecified atom stereocenters. The quantitative estimate of drug-likeness (QED) is 0.314. The molecule has 0 radical (unpaired) electrons. The van der Waals surface area contributed by atoms with Crippen molar-refractivity contribution in [1.29, 1.82) is 5.26 Å². The fourth-order valence-electron chi connectivity index (χ4n) is 2.85. The van der Waals surface area contributed by atoms with E-state index in [0.29, 0.717) is 38.5 Å². The van der Waals surface area contributed by atoms with Crippen molar-refractivity contribution < 1.29 is 19.1 Å². The third-order valence-electron chi connectivity index (χ3n) is 4.43. The molecular weight excluding hydrogens is 477 g/mol. The minimum Gasteiger partial charge on any atom is -0.493 e. The van der Waals surface area contributed by atoms with Gasteiger partial charge >= 0.3 is 0 Å². The first kappa shape index (κ1) is 24.6. The standard InChI is InChI=1S/C25H19Cl2N3O4/c1-33-23-12-16(11-17(14-28)25(32)30-21-4-2-3-19(27)13-21)5-10-22(23)34-15-24(31)29-20-8-6-18(26)7-9-20/h2-13H,15H2,1H3,(H,29,31)(H,30,32)/b17-11+. The van der Waals surface area contributed by atoms with Gasteiger partial charge in [0.1, 0.15) is 11.6 Å². The highest BCUT2D eigenvalue weighted by Crippen LogP contribution is 2.29. The zero-order valence-electron chi connectivity index (χ0n) is 18.0. The predicted octanol–water partition coefficient (Wildman–Crippen LogP) is 5.57. The number of hydrogen-bond donors (Lipinski definition) is 2. The summed E-state index contributed by atoms with van der Waals surface area (Å²) in [7, 11) is 1.44. The van der Waals surface area contributed by atoms with Gasteiger partial charge in [0.25, 0.3) is 11.8 Å². The minimum atomic E-state index is -0.581. The Morgan fingerprint density at radius 1 is 0.941 bits per heavy atom. The molecule has 3 aromatic carbocycles. The number of halogens is 2. The molecule has 0 aliphatic rings. The van der Waals surface area contributed by atoms with Crippen molar-refractivity contribution in [2.45, 2.75) is 0 Å². The highest BCUT2D eigenvalue weighted by atomic mass is 35.5. The Hall–Kier alpha value is -3.99. The number of nitrogens with one attached hydrogen (secondary N) is 2. The second-order valence-electron chi connectivity index (χ2n) is 6.89. The lowest BCUT2D eigenvalue weighted by Crippen LogP contribution is -2.20. The number of hydrogen-bond acceptors (Lipinski definition) is 5. The Kier molecular flexibility index (Phi) is 8.52. The number of methoxy groups -OCH3 is 1. The van der Waals surface area contributed by atoms with Gasteiger partial charge in [-0.2, -0.15) is 5.26 Å². The number of carbonyl (C=O) groups excluding carboxylic acids is 2. The van der Waals surface area contributed by atoms with E-state index in [1.807, 2.05) is 6.07 Å². The first-order chi connectivity index (χ1) is 16.4. The van der Waals surface area contributed by atoms with E-state index in [-0.39, 0.29) is 18.1 Å². The van der Waals surface area contributed by atoms with E-state index in [4.69, 9.17) is 32.7 Å². The molecule has 0 aromatic heterocycles. The average molecular weight is 496 g/mol. The summed E-state index contributed by atoms with van der Waals surface area (Å²) in [6, 6.07) is 20.0. The maximum Gasteiger partial charge on any atom is 0.266 e. The third kappa shape index (κ3) is 7.01. The molecular formula is C25H19Cl2N3O4. The first-order valence-electron chi connectivity index (χ1n) is 9.93. The highest BCUT2D eigenvalue weighted by Gasteiger charge is 2.12. The number of amides is 2. The number of nitriles is 1. The maximum atomic E-state index is 12.5. The molecule has 2 N–H and O–H groups in total. The van der Waals surface area contributed by atoms with Gasteiger partial charge in [0.15, 0.2) is 18.1 Å². The number of benzene rings is 3. The van der Waals surface area contributed by atoms with Crippen LogP contribution in [0.1, 0.15) is 5.56 Å². The Labute approximate surface area is 206 Å². The molecule has 0 atom stereocenters. The van der Waals surface area contributed by atoms with Crippen LogP contribution in [0.5, 0.6) is 11.5 Å². The average Bonchev–Trinajstić information content (AvgIpc) is 2.82. The summed E-state index contributed by atoms with van der Waals surface area (Å²) in [5.41, 5.74) is 1.48. The minimum absolute atomic E-state index is 0.113. The predicted molar refractivity (Wildman–Crippen MR) is 132 cm³/mol. The van der Waals surface area contributed by atoms with E-state index in [9.17, 15) is 14.9 Å². The molecule has 172 valence electrons. The molecule has 0 bridgehead atoms. The largest absolute Gasteiger partial charge is 0.493 e. The van der Waals surface area contributed by atoms with Crippen LogP contribution in [0.15, 0.2) is 72.3 Å². The molecule has 0 aliphatic carbocycles. The van der Waals surface area contributed by atoms with Gasteiger partial charge in [-0.25, -0.2) is 0 Å². The molecule has 9 heteroatoms. The number of ether oxygens (including phenoxy) is 2. The van der Waals surface area contributed by atoms with Crippen LogP contribution >= 0.6 is 23.2 Å². The van der Waals surface area contributed by atoms with Gasteiger partial charge in [-0.05, 0) is 66.2 Å². The van der Waals surface area contributed by atoms with Crippen molar-refractivity contribution in [3.05, 3.63) is 87.9 Å². The zero-order chi connectivity index (χ0) is 24.5. The summed E-state index contributed by atoms with van der Waals surface area (Å²) in [6.45, 7) is -0.250. The summed E-state index contributed by atoms with van der Waals surface area (Å²) in [6.07, 6.45) is 1.42. The number of rotatable bonds is 8. The molecule has 34 heavy (non-hydrogen) atoms. The van der Waals surface area contributed by atoms with Gasteiger partial charge in [0, 0.05) is 21.4 Å². The van der Waals surface area contributed by atoms with Gasteiger partial charge in [-0.1, -0.05) is 35.3 Å².